The van der Waals surface area contributed by atoms with E-state index in [-0.39, 0.29) is 6.61 Å². The Morgan fingerprint density at radius 2 is 2.00 bits per heavy atom. The van der Waals surface area contributed by atoms with Gasteiger partial charge in [0.2, 0.25) is 0 Å². The van der Waals surface area contributed by atoms with Crippen LogP contribution in [0.5, 0.6) is 0 Å². The van der Waals surface area contributed by atoms with Crippen molar-refractivity contribution < 1.29 is 15.3 Å². The van der Waals surface area contributed by atoms with Crippen LogP contribution >= 0.6 is 0 Å². The SMILES string of the molecule is Cc1ccc(C(CO)OO)cc1C. The van der Waals surface area contributed by atoms with E-state index >= 15 is 0 Å². The van der Waals surface area contributed by atoms with Gasteiger partial charge in [0, 0.05) is 0 Å². The Labute approximate surface area is 77.5 Å². The minimum Gasteiger partial charge on any atom is -0.393 e. The number of hydrogen-bond donors (Lipinski definition) is 2. The highest BCUT2D eigenvalue weighted by atomic mass is 17.1. The highest BCUT2D eigenvalue weighted by molar-refractivity contribution is 5.31. The van der Waals surface area contributed by atoms with Crippen molar-refractivity contribution in [2.75, 3.05) is 6.61 Å². The van der Waals surface area contributed by atoms with E-state index in [1.165, 1.54) is 5.56 Å². The standard InChI is InChI=1S/C10H14O3/c1-7-3-4-9(5-8(7)2)10(6-11)13-12/h3-5,10-12H,6H2,1-2H3. The van der Waals surface area contributed by atoms with E-state index in [0.29, 0.717) is 0 Å². The summed E-state index contributed by atoms with van der Waals surface area (Å²) in [5.74, 6) is 0. The molecule has 0 aliphatic rings. The molecule has 0 saturated carbocycles. The van der Waals surface area contributed by atoms with Crippen molar-refractivity contribution in [2.24, 2.45) is 0 Å². The third kappa shape index (κ3) is 2.28. The second-order valence-corrected chi connectivity index (χ2v) is 3.12. The van der Waals surface area contributed by atoms with Crippen molar-refractivity contribution >= 4 is 0 Å². The molecule has 3 heteroatoms. The molecule has 3 nitrogen and oxygen atoms in total. The van der Waals surface area contributed by atoms with Gasteiger partial charge in [0.05, 0.1) is 6.61 Å². The van der Waals surface area contributed by atoms with E-state index in [1.54, 1.807) is 0 Å². The fraction of sp³-hybridized carbons (Fsp3) is 0.400. The van der Waals surface area contributed by atoms with Crippen molar-refractivity contribution in [1.82, 2.24) is 0 Å². The monoisotopic (exact) mass is 182 g/mol. The van der Waals surface area contributed by atoms with Crippen molar-refractivity contribution in [1.29, 1.82) is 0 Å². The smallest absolute Gasteiger partial charge is 0.141 e. The lowest BCUT2D eigenvalue weighted by Crippen LogP contribution is -2.06. The molecule has 13 heavy (non-hydrogen) atoms. The van der Waals surface area contributed by atoms with Crippen LogP contribution in [0.4, 0.5) is 0 Å². The zero-order chi connectivity index (χ0) is 9.84. The molecule has 1 unspecified atom stereocenters. The summed E-state index contributed by atoms with van der Waals surface area (Å²) in [4.78, 5) is 4.13. The first-order chi connectivity index (χ1) is 6.19. The van der Waals surface area contributed by atoms with Crippen LogP contribution in [0.25, 0.3) is 0 Å². The second kappa shape index (κ2) is 4.37. The number of rotatable bonds is 3. The number of benzene rings is 1. The molecule has 0 aromatic heterocycles. The Bertz CT molecular complexity index is 279. The van der Waals surface area contributed by atoms with E-state index < -0.39 is 6.10 Å². The molecule has 0 aliphatic carbocycles. The highest BCUT2D eigenvalue weighted by Crippen LogP contribution is 2.18. The first kappa shape index (κ1) is 10.2. The summed E-state index contributed by atoms with van der Waals surface area (Å²) in [5, 5.41) is 17.3. The predicted molar refractivity (Wildman–Crippen MR) is 49.5 cm³/mol. The normalized spacial score (nSPS) is 12.9. The zero-order valence-corrected chi connectivity index (χ0v) is 7.82. The van der Waals surface area contributed by atoms with E-state index in [2.05, 4.69) is 4.89 Å². The molecule has 0 aliphatic heterocycles. The van der Waals surface area contributed by atoms with Gasteiger partial charge < -0.3 is 5.11 Å². The van der Waals surface area contributed by atoms with Crippen LogP contribution in [0, 0.1) is 13.8 Å². The number of aliphatic hydroxyl groups is 1. The molecular weight excluding hydrogens is 168 g/mol. The van der Waals surface area contributed by atoms with Crippen LogP contribution in [0.1, 0.15) is 22.8 Å². The van der Waals surface area contributed by atoms with E-state index in [4.69, 9.17) is 10.4 Å². The summed E-state index contributed by atoms with van der Waals surface area (Å²) in [6.07, 6.45) is -0.640. The Balaban J connectivity index is 2.95. The predicted octanol–water partition coefficient (Wildman–Crippen LogP) is 1.83. The summed E-state index contributed by atoms with van der Waals surface area (Å²) in [6.45, 7) is 3.76. The second-order valence-electron chi connectivity index (χ2n) is 3.12. The minimum atomic E-state index is -0.640. The van der Waals surface area contributed by atoms with Crippen LogP contribution in [-0.4, -0.2) is 17.0 Å². The van der Waals surface area contributed by atoms with Crippen LogP contribution in [0.15, 0.2) is 18.2 Å². The Morgan fingerprint density at radius 3 is 2.46 bits per heavy atom. The molecule has 72 valence electrons. The third-order valence-electron chi connectivity index (χ3n) is 2.20. The average molecular weight is 182 g/mol. The van der Waals surface area contributed by atoms with Gasteiger partial charge in [0.1, 0.15) is 6.10 Å². The van der Waals surface area contributed by atoms with Gasteiger partial charge in [0.15, 0.2) is 0 Å². The molecule has 0 amide bonds. The van der Waals surface area contributed by atoms with Crippen LogP contribution in [0.3, 0.4) is 0 Å². The van der Waals surface area contributed by atoms with Crippen molar-refractivity contribution in [3.63, 3.8) is 0 Å². The lowest BCUT2D eigenvalue weighted by atomic mass is 10.0. The quantitative estimate of drug-likeness (QED) is 0.553. The van der Waals surface area contributed by atoms with Crippen molar-refractivity contribution in [2.45, 2.75) is 20.0 Å². The van der Waals surface area contributed by atoms with Gasteiger partial charge in [-0.2, -0.15) is 0 Å². The Kier molecular flexibility index (Phi) is 3.42. The summed E-state index contributed by atoms with van der Waals surface area (Å²) >= 11 is 0. The van der Waals surface area contributed by atoms with Gasteiger partial charge in [-0.05, 0) is 30.5 Å². The molecule has 1 aromatic rings. The van der Waals surface area contributed by atoms with Gasteiger partial charge in [-0.25, -0.2) is 4.89 Å². The topological polar surface area (TPSA) is 49.7 Å². The molecule has 1 atom stereocenters. The summed E-state index contributed by atoms with van der Waals surface area (Å²) < 4.78 is 0. The average Bonchev–Trinajstić information content (AvgIpc) is 2.13. The third-order valence-corrected chi connectivity index (χ3v) is 2.20. The van der Waals surface area contributed by atoms with Crippen LogP contribution < -0.4 is 0 Å². The van der Waals surface area contributed by atoms with Gasteiger partial charge in [0.25, 0.3) is 0 Å². The Morgan fingerprint density at radius 1 is 1.31 bits per heavy atom. The molecule has 0 spiro atoms. The zero-order valence-electron chi connectivity index (χ0n) is 7.82. The largest absolute Gasteiger partial charge is 0.393 e. The molecule has 1 rings (SSSR count). The van der Waals surface area contributed by atoms with Gasteiger partial charge in [-0.15, -0.1) is 0 Å². The molecule has 1 aromatic carbocycles. The van der Waals surface area contributed by atoms with E-state index in [0.717, 1.165) is 11.1 Å². The Hall–Kier alpha value is -0.900. The fourth-order valence-electron chi connectivity index (χ4n) is 1.16. The van der Waals surface area contributed by atoms with Crippen molar-refractivity contribution in [3.8, 4) is 0 Å². The molecule has 0 saturated heterocycles. The van der Waals surface area contributed by atoms with Crippen LogP contribution in [-0.2, 0) is 4.89 Å². The number of aryl methyl sites for hydroxylation is 2. The lowest BCUT2D eigenvalue weighted by Gasteiger charge is -2.11. The molecule has 0 fully saturated rings. The first-order valence-electron chi connectivity index (χ1n) is 4.17. The fourth-order valence-corrected chi connectivity index (χ4v) is 1.16. The highest BCUT2D eigenvalue weighted by Gasteiger charge is 2.10. The minimum absolute atomic E-state index is 0.223. The van der Waals surface area contributed by atoms with E-state index in [1.807, 2.05) is 32.0 Å². The maximum Gasteiger partial charge on any atom is 0.141 e. The summed E-state index contributed by atoms with van der Waals surface area (Å²) in [6, 6.07) is 5.66. The van der Waals surface area contributed by atoms with Gasteiger partial charge in [-0.1, -0.05) is 18.2 Å². The summed E-state index contributed by atoms with van der Waals surface area (Å²) in [7, 11) is 0. The number of hydrogen-bond acceptors (Lipinski definition) is 3. The molecule has 0 radical (unpaired) electrons. The van der Waals surface area contributed by atoms with Gasteiger partial charge >= 0.3 is 0 Å². The molecule has 0 bridgehead atoms. The van der Waals surface area contributed by atoms with Crippen molar-refractivity contribution in [3.05, 3.63) is 34.9 Å². The maximum absolute atomic E-state index is 8.85. The van der Waals surface area contributed by atoms with Crippen LogP contribution in [0.2, 0.25) is 0 Å². The van der Waals surface area contributed by atoms with E-state index in [9.17, 15) is 0 Å². The maximum atomic E-state index is 8.85. The number of aliphatic hydroxyl groups excluding tert-OH is 1. The first-order valence-corrected chi connectivity index (χ1v) is 4.17. The summed E-state index contributed by atoms with van der Waals surface area (Å²) in [5.41, 5.74) is 3.08. The van der Waals surface area contributed by atoms with Gasteiger partial charge in [-0.3, -0.25) is 5.26 Å². The molecule has 2 N–H and O–H groups in total. The molecular formula is C10H14O3. The molecule has 0 heterocycles. The lowest BCUT2D eigenvalue weighted by molar-refractivity contribution is -0.288.